The first-order valence-corrected chi connectivity index (χ1v) is 4.58. The molecule has 0 bridgehead atoms. The van der Waals surface area contributed by atoms with Gasteiger partial charge in [-0.3, -0.25) is 0 Å². The molecule has 0 radical (unpaired) electrons. The highest BCUT2D eigenvalue weighted by molar-refractivity contribution is 7.80. The van der Waals surface area contributed by atoms with Crippen molar-refractivity contribution in [2.24, 2.45) is 0 Å². The topological polar surface area (TPSA) is 12.0 Å². The van der Waals surface area contributed by atoms with Gasteiger partial charge in [0.05, 0.1) is 0 Å². The monoisotopic (exact) mass is 195 g/mol. The van der Waals surface area contributed by atoms with Crippen LogP contribution in [0.25, 0.3) is 0 Å². The lowest BCUT2D eigenvalue weighted by Crippen LogP contribution is -2.09. The molecule has 0 aromatic heterocycles. The quantitative estimate of drug-likeness (QED) is 0.606. The van der Waals surface area contributed by atoms with E-state index in [9.17, 15) is 4.39 Å². The summed E-state index contributed by atoms with van der Waals surface area (Å²) in [6.45, 7) is 3.81. The smallest absolute Gasteiger partial charge is 0.138 e. The van der Waals surface area contributed by atoms with Crippen LogP contribution in [-0.2, 0) is 6.42 Å². The molecule has 0 fully saturated rings. The van der Waals surface area contributed by atoms with Crippen LogP contribution in [0.15, 0.2) is 29.3 Å². The summed E-state index contributed by atoms with van der Waals surface area (Å²) in [4.78, 5) is 0.410. The zero-order valence-corrected chi connectivity index (χ0v) is 8.00. The van der Waals surface area contributed by atoms with E-state index in [0.717, 1.165) is 29.8 Å². The number of benzene rings is 1. The van der Waals surface area contributed by atoms with Crippen LogP contribution in [0.4, 0.5) is 10.1 Å². The van der Waals surface area contributed by atoms with Gasteiger partial charge in [-0.1, -0.05) is 6.58 Å². The zero-order valence-electron chi connectivity index (χ0n) is 7.10. The summed E-state index contributed by atoms with van der Waals surface area (Å²) in [7, 11) is 0. The maximum atomic E-state index is 13.1. The van der Waals surface area contributed by atoms with Crippen molar-refractivity contribution in [1.29, 1.82) is 0 Å². The third kappa shape index (κ3) is 1.56. The number of hydrogen-bond acceptors (Lipinski definition) is 2. The molecule has 0 saturated carbocycles. The predicted octanol–water partition coefficient (Wildman–Crippen LogP) is 2.99. The Kier molecular flexibility index (Phi) is 2.04. The third-order valence-corrected chi connectivity index (χ3v) is 2.52. The lowest BCUT2D eigenvalue weighted by molar-refractivity contribution is 0.601. The number of anilines is 1. The van der Waals surface area contributed by atoms with E-state index in [2.05, 4.69) is 24.5 Å². The highest BCUT2D eigenvalue weighted by Gasteiger charge is 2.13. The molecule has 1 aliphatic heterocycles. The molecule has 0 spiro atoms. The second kappa shape index (κ2) is 3.07. The van der Waals surface area contributed by atoms with Gasteiger partial charge in [0.1, 0.15) is 5.82 Å². The van der Waals surface area contributed by atoms with Gasteiger partial charge in [-0.2, -0.15) is 0 Å². The largest absolute Gasteiger partial charge is 0.359 e. The lowest BCUT2D eigenvalue weighted by atomic mass is 10.0. The summed E-state index contributed by atoms with van der Waals surface area (Å²) in [6.07, 6.45) is 1.82. The van der Waals surface area contributed by atoms with Gasteiger partial charge in [-0.25, -0.2) is 4.39 Å². The molecule has 68 valence electrons. The Hall–Kier alpha value is -0.960. The van der Waals surface area contributed by atoms with Crippen LogP contribution < -0.4 is 5.32 Å². The van der Waals surface area contributed by atoms with Crippen LogP contribution in [-0.4, -0.2) is 0 Å². The fraction of sp³-hybridized carbons (Fsp3) is 0.200. The van der Waals surface area contributed by atoms with Crippen molar-refractivity contribution in [1.82, 2.24) is 0 Å². The SMILES string of the molecule is C=C1CCc2cc(S)c(F)cc2N1. The van der Waals surface area contributed by atoms with Crippen LogP contribution in [0.5, 0.6) is 0 Å². The summed E-state index contributed by atoms with van der Waals surface area (Å²) in [5, 5.41) is 3.06. The molecule has 0 amide bonds. The molecule has 0 aliphatic carbocycles. The standard InChI is InChI=1S/C10H10FNS/c1-6-2-3-7-4-10(13)8(11)5-9(7)12-6/h4-5,12-13H,1-3H2. The highest BCUT2D eigenvalue weighted by atomic mass is 32.1. The fourth-order valence-electron chi connectivity index (χ4n) is 1.47. The van der Waals surface area contributed by atoms with Gasteiger partial charge in [0.15, 0.2) is 0 Å². The van der Waals surface area contributed by atoms with Gasteiger partial charge in [0.25, 0.3) is 0 Å². The normalized spacial score (nSPS) is 15.1. The average molecular weight is 195 g/mol. The Balaban J connectivity index is 2.49. The van der Waals surface area contributed by atoms with Crippen molar-refractivity contribution in [3.05, 3.63) is 35.8 Å². The van der Waals surface area contributed by atoms with Crippen LogP contribution >= 0.6 is 12.6 Å². The summed E-state index contributed by atoms with van der Waals surface area (Å²) < 4.78 is 13.1. The maximum absolute atomic E-state index is 13.1. The number of halogens is 1. The number of fused-ring (bicyclic) bond motifs is 1. The molecular formula is C10H10FNS. The van der Waals surface area contributed by atoms with Crippen LogP contribution in [0.2, 0.25) is 0 Å². The van der Waals surface area contributed by atoms with E-state index in [1.807, 2.05) is 0 Å². The van der Waals surface area contributed by atoms with Crippen molar-refractivity contribution < 1.29 is 4.39 Å². The molecule has 13 heavy (non-hydrogen) atoms. The molecule has 1 heterocycles. The molecule has 0 saturated heterocycles. The van der Waals surface area contributed by atoms with Crippen molar-refractivity contribution >= 4 is 18.3 Å². The van der Waals surface area contributed by atoms with Gasteiger partial charge >= 0.3 is 0 Å². The van der Waals surface area contributed by atoms with Crippen molar-refractivity contribution in [2.75, 3.05) is 5.32 Å². The van der Waals surface area contributed by atoms with Crippen molar-refractivity contribution in [3.63, 3.8) is 0 Å². The lowest BCUT2D eigenvalue weighted by Gasteiger charge is -2.20. The minimum atomic E-state index is -0.288. The van der Waals surface area contributed by atoms with E-state index in [1.165, 1.54) is 6.07 Å². The Bertz CT molecular complexity index is 373. The first kappa shape index (κ1) is 8.63. The number of aryl methyl sites for hydroxylation is 1. The van der Waals surface area contributed by atoms with Crippen molar-refractivity contribution in [2.45, 2.75) is 17.7 Å². The summed E-state index contributed by atoms with van der Waals surface area (Å²) in [5.74, 6) is -0.288. The molecule has 0 atom stereocenters. The molecule has 2 rings (SSSR count). The number of allylic oxidation sites excluding steroid dienone is 1. The van der Waals surface area contributed by atoms with Gasteiger partial charge in [-0.15, -0.1) is 12.6 Å². The summed E-state index contributed by atoms with van der Waals surface area (Å²) >= 11 is 4.03. The molecular weight excluding hydrogens is 185 g/mol. The molecule has 3 heteroatoms. The number of thiol groups is 1. The van der Waals surface area contributed by atoms with Gasteiger partial charge in [-0.05, 0) is 30.5 Å². The van der Waals surface area contributed by atoms with Crippen LogP contribution in [0, 0.1) is 5.82 Å². The Morgan fingerprint density at radius 3 is 2.92 bits per heavy atom. The van der Waals surface area contributed by atoms with E-state index in [-0.39, 0.29) is 5.82 Å². The molecule has 1 N–H and O–H groups in total. The molecule has 0 unspecified atom stereocenters. The highest BCUT2D eigenvalue weighted by Crippen LogP contribution is 2.29. The second-order valence-electron chi connectivity index (χ2n) is 3.19. The van der Waals surface area contributed by atoms with E-state index in [1.54, 1.807) is 6.07 Å². The van der Waals surface area contributed by atoms with E-state index in [4.69, 9.17) is 0 Å². The third-order valence-electron chi connectivity index (χ3n) is 2.18. The first-order valence-electron chi connectivity index (χ1n) is 4.13. The second-order valence-corrected chi connectivity index (χ2v) is 3.67. The van der Waals surface area contributed by atoms with Gasteiger partial charge < -0.3 is 5.32 Å². The van der Waals surface area contributed by atoms with E-state index < -0.39 is 0 Å². The number of rotatable bonds is 0. The van der Waals surface area contributed by atoms with Gasteiger partial charge in [0.2, 0.25) is 0 Å². The minimum absolute atomic E-state index is 0.288. The minimum Gasteiger partial charge on any atom is -0.359 e. The van der Waals surface area contributed by atoms with E-state index in [0.29, 0.717) is 4.90 Å². The van der Waals surface area contributed by atoms with E-state index >= 15 is 0 Å². The first-order chi connectivity index (χ1) is 6.16. The van der Waals surface area contributed by atoms with Gasteiger partial charge in [0, 0.05) is 16.3 Å². The summed E-state index contributed by atoms with van der Waals surface area (Å²) in [5.41, 5.74) is 2.88. The zero-order chi connectivity index (χ0) is 9.42. The van der Waals surface area contributed by atoms with Crippen molar-refractivity contribution in [3.8, 4) is 0 Å². The molecule has 1 aromatic carbocycles. The maximum Gasteiger partial charge on any atom is 0.138 e. The summed E-state index contributed by atoms with van der Waals surface area (Å²) in [6, 6.07) is 3.25. The van der Waals surface area contributed by atoms with Crippen LogP contribution in [0.3, 0.4) is 0 Å². The average Bonchev–Trinajstić information content (AvgIpc) is 2.08. The fourth-order valence-corrected chi connectivity index (χ4v) is 1.69. The Morgan fingerprint density at radius 1 is 1.38 bits per heavy atom. The molecule has 1 aromatic rings. The van der Waals surface area contributed by atoms with Crippen LogP contribution in [0.1, 0.15) is 12.0 Å². The predicted molar refractivity (Wildman–Crippen MR) is 54.7 cm³/mol. The molecule has 1 aliphatic rings. The number of nitrogens with one attached hydrogen (secondary N) is 1. The Labute approximate surface area is 82.1 Å². The number of hydrogen-bond donors (Lipinski definition) is 2. The molecule has 1 nitrogen and oxygen atoms in total. The Morgan fingerprint density at radius 2 is 2.15 bits per heavy atom.